The van der Waals surface area contributed by atoms with Crippen molar-refractivity contribution in [2.45, 2.75) is 20.8 Å². The van der Waals surface area contributed by atoms with Crippen molar-refractivity contribution in [3.63, 3.8) is 0 Å². The third-order valence-corrected chi connectivity index (χ3v) is 5.17. The van der Waals surface area contributed by atoms with Crippen LogP contribution in [-0.2, 0) is 0 Å². The summed E-state index contributed by atoms with van der Waals surface area (Å²) in [7, 11) is 0. The lowest BCUT2D eigenvalue weighted by atomic mass is 10.0. The van der Waals surface area contributed by atoms with Crippen LogP contribution in [0.4, 0.5) is 0 Å². The molecule has 0 unspecified atom stereocenters. The molecule has 1 aromatic carbocycles. The molecule has 0 aliphatic carbocycles. The van der Waals surface area contributed by atoms with Crippen LogP contribution in [0.1, 0.15) is 25.6 Å². The van der Waals surface area contributed by atoms with Crippen molar-refractivity contribution >= 4 is 33.3 Å². The molecule has 21 heavy (non-hydrogen) atoms. The van der Waals surface area contributed by atoms with Crippen molar-refractivity contribution < 1.29 is 0 Å². The fourth-order valence-electron chi connectivity index (χ4n) is 2.11. The van der Waals surface area contributed by atoms with Crippen LogP contribution in [-0.4, -0.2) is 13.1 Å². The number of rotatable bonds is 6. The first-order valence-electron chi connectivity index (χ1n) is 7.37. The lowest BCUT2D eigenvalue weighted by molar-refractivity contribution is 0.683. The normalized spacial score (nSPS) is 12.1. The Kier molecular flexibility index (Phi) is 6.22. The third-order valence-electron chi connectivity index (χ3n) is 3.41. The molecule has 0 radical (unpaired) electrons. The SMILES string of the molecule is CCNCC(=Cc1ccc(-c2ccccc2Br)s1)C(C)C. The van der Waals surface area contributed by atoms with Gasteiger partial charge >= 0.3 is 0 Å². The minimum absolute atomic E-state index is 0.568. The van der Waals surface area contributed by atoms with Crippen LogP contribution >= 0.6 is 27.3 Å². The van der Waals surface area contributed by atoms with Gasteiger partial charge in [0.15, 0.2) is 0 Å². The molecule has 112 valence electrons. The van der Waals surface area contributed by atoms with Gasteiger partial charge in [0, 0.05) is 26.3 Å². The predicted molar refractivity (Wildman–Crippen MR) is 98.8 cm³/mol. The van der Waals surface area contributed by atoms with E-state index in [9.17, 15) is 0 Å². The van der Waals surface area contributed by atoms with Crippen LogP contribution in [0.3, 0.4) is 0 Å². The molecular weight excluding hydrogens is 342 g/mol. The minimum Gasteiger partial charge on any atom is -0.313 e. The Morgan fingerprint density at radius 1 is 1.24 bits per heavy atom. The first-order valence-corrected chi connectivity index (χ1v) is 8.98. The summed E-state index contributed by atoms with van der Waals surface area (Å²) >= 11 is 5.48. The van der Waals surface area contributed by atoms with E-state index in [2.05, 4.69) is 84.5 Å². The van der Waals surface area contributed by atoms with Gasteiger partial charge in [0.05, 0.1) is 0 Å². The topological polar surface area (TPSA) is 12.0 Å². The van der Waals surface area contributed by atoms with E-state index in [1.54, 1.807) is 0 Å². The summed E-state index contributed by atoms with van der Waals surface area (Å²) in [5.74, 6) is 0.568. The standard InChI is InChI=1S/C18H22BrNS/c1-4-20-12-14(13(2)3)11-15-9-10-18(21-15)16-7-5-6-8-17(16)19/h5-11,13,20H,4,12H2,1-3H3. The molecule has 3 heteroatoms. The average Bonchev–Trinajstić information content (AvgIpc) is 2.92. The minimum atomic E-state index is 0.568. The van der Waals surface area contributed by atoms with E-state index in [-0.39, 0.29) is 0 Å². The summed E-state index contributed by atoms with van der Waals surface area (Å²) < 4.78 is 1.15. The zero-order valence-corrected chi connectivity index (χ0v) is 15.2. The molecular formula is C18H22BrNS. The van der Waals surface area contributed by atoms with Gasteiger partial charge in [0.25, 0.3) is 0 Å². The Morgan fingerprint density at radius 2 is 2.00 bits per heavy atom. The first kappa shape index (κ1) is 16.5. The molecule has 0 fully saturated rings. The molecule has 0 amide bonds. The van der Waals surface area contributed by atoms with Gasteiger partial charge in [0.2, 0.25) is 0 Å². The van der Waals surface area contributed by atoms with Gasteiger partial charge in [0.1, 0.15) is 0 Å². The largest absolute Gasteiger partial charge is 0.313 e. The predicted octanol–water partition coefficient (Wildman–Crippen LogP) is 5.83. The molecule has 1 heterocycles. The molecule has 0 aliphatic rings. The molecule has 0 bridgehead atoms. The lowest BCUT2D eigenvalue weighted by Gasteiger charge is -2.11. The summed E-state index contributed by atoms with van der Waals surface area (Å²) in [6, 6.07) is 12.8. The second kappa shape index (κ2) is 7.92. The molecule has 0 aliphatic heterocycles. The van der Waals surface area contributed by atoms with Gasteiger partial charge < -0.3 is 5.32 Å². The highest BCUT2D eigenvalue weighted by atomic mass is 79.9. The third kappa shape index (κ3) is 4.53. The fraction of sp³-hybridized carbons (Fsp3) is 0.333. The number of halogens is 1. The first-order chi connectivity index (χ1) is 10.1. The van der Waals surface area contributed by atoms with Gasteiger partial charge in [-0.15, -0.1) is 11.3 Å². The van der Waals surface area contributed by atoms with Crippen molar-refractivity contribution in [1.29, 1.82) is 0 Å². The maximum Gasteiger partial charge on any atom is 0.0360 e. The molecule has 1 aromatic heterocycles. The van der Waals surface area contributed by atoms with Crippen LogP contribution in [0.2, 0.25) is 0 Å². The summed E-state index contributed by atoms with van der Waals surface area (Å²) in [5.41, 5.74) is 2.72. The van der Waals surface area contributed by atoms with Crippen LogP contribution < -0.4 is 5.32 Å². The number of likely N-dealkylation sites (N-methyl/N-ethyl adjacent to an activating group) is 1. The maximum absolute atomic E-state index is 3.63. The Morgan fingerprint density at radius 3 is 2.67 bits per heavy atom. The van der Waals surface area contributed by atoms with Crippen molar-refractivity contribution in [3.8, 4) is 10.4 Å². The molecule has 0 saturated carbocycles. The van der Waals surface area contributed by atoms with E-state index < -0.39 is 0 Å². The Bertz CT molecular complexity index is 613. The Hall–Kier alpha value is -0.900. The van der Waals surface area contributed by atoms with Crippen molar-refractivity contribution in [2.24, 2.45) is 5.92 Å². The fourth-order valence-corrected chi connectivity index (χ4v) is 3.76. The molecule has 2 rings (SSSR count). The van der Waals surface area contributed by atoms with Gasteiger partial charge in [-0.25, -0.2) is 0 Å². The lowest BCUT2D eigenvalue weighted by Crippen LogP contribution is -2.18. The van der Waals surface area contributed by atoms with E-state index in [1.165, 1.54) is 20.9 Å². The van der Waals surface area contributed by atoms with Gasteiger partial charge in [-0.1, -0.05) is 60.5 Å². The van der Waals surface area contributed by atoms with Crippen molar-refractivity contribution in [2.75, 3.05) is 13.1 Å². The van der Waals surface area contributed by atoms with Crippen LogP contribution in [0.5, 0.6) is 0 Å². The van der Waals surface area contributed by atoms with Gasteiger partial charge in [-0.3, -0.25) is 0 Å². The number of benzene rings is 1. The van der Waals surface area contributed by atoms with Gasteiger partial charge in [-0.05, 0) is 36.7 Å². The van der Waals surface area contributed by atoms with Crippen LogP contribution in [0, 0.1) is 5.92 Å². The highest BCUT2D eigenvalue weighted by Crippen LogP contribution is 2.34. The molecule has 0 atom stereocenters. The van der Waals surface area contributed by atoms with Crippen molar-refractivity contribution in [3.05, 3.63) is 51.3 Å². The molecule has 1 nitrogen and oxygen atoms in total. The summed E-state index contributed by atoms with van der Waals surface area (Å²) in [4.78, 5) is 2.63. The van der Waals surface area contributed by atoms with Gasteiger partial charge in [-0.2, -0.15) is 0 Å². The summed E-state index contributed by atoms with van der Waals surface area (Å²) in [5, 5.41) is 3.43. The van der Waals surface area contributed by atoms with E-state index in [0.29, 0.717) is 5.92 Å². The number of hydrogen-bond donors (Lipinski definition) is 1. The van der Waals surface area contributed by atoms with Crippen LogP contribution in [0.25, 0.3) is 16.5 Å². The quantitative estimate of drug-likeness (QED) is 0.680. The second-order valence-electron chi connectivity index (χ2n) is 5.34. The highest BCUT2D eigenvalue weighted by molar-refractivity contribution is 9.10. The van der Waals surface area contributed by atoms with E-state index in [1.807, 2.05) is 11.3 Å². The van der Waals surface area contributed by atoms with E-state index in [0.717, 1.165) is 17.6 Å². The monoisotopic (exact) mass is 363 g/mol. The molecule has 2 aromatic rings. The molecule has 0 saturated heterocycles. The molecule has 0 spiro atoms. The summed E-state index contributed by atoms with van der Waals surface area (Å²) in [6.45, 7) is 8.64. The smallest absolute Gasteiger partial charge is 0.0360 e. The zero-order valence-electron chi connectivity index (χ0n) is 12.8. The Balaban J connectivity index is 2.24. The zero-order chi connectivity index (χ0) is 15.2. The number of thiophene rings is 1. The van der Waals surface area contributed by atoms with E-state index in [4.69, 9.17) is 0 Å². The van der Waals surface area contributed by atoms with Crippen LogP contribution in [0.15, 0.2) is 46.4 Å². The highest BCUT2D eigenvalue weighted by Gasteiger charge is 2.07. The van der Waals surface area contributed by atoms with Crippen molar-refractivity contribution in [1.82, 2.24) is 5.32 Å². The number of nitrogens with one attached hydrogen (secondary N) is 1. The number of hydrogen-bond acceptors (Lipinski definition) is 2. The summed E-state index contributed by atoms with van der Waals surface area (Å²) in [6.07, 6.45) is 2.33. The average molecular weight is 364 g/mol. The maximum atomic E-state index is 3.63. The molecule has 1 N–H and O–H groups in total. The Labute approximate surface area is 140 Å². The van der Waals surface area contributed by atoms with E-state index >= 15 is 0 Å². The second-order valence-corrected chi connectivity index (χ2v) is 7.31.